The highest BCUT2D eigenvalue weighted by atomic mass is 32.2. The summed E-state index contributed by atoms with van der Waals surface area (Å²) in [5.74, 6) is 0.488. The van der Waals surface area contributed by atoms with Crippen LogP contribution >= 0.6 is 0 Å². The van der Waals surface area contributed by atoms with Crippen LogP contribution < -0.4 is 0 Å². The lowest BCUT2D eigenvalue weighted by Crippen LogP contribution is -2.41. The summed E-state index contributed by atoms with van der Waals surface area (Å²) in [7, 11) is -2.93. The van der Waals surface area contributed by atoms with E-state index in [2.05, 4.69) is 0 Å². The minimum atomic E-state index is -2.93. The van der Waals surface area contributed by atoms with Crippen molar-refractivity contribution in [2.45, 2.75) is 57.5 Å². The molecule has 1 aliphatic carbocycles. The van der Waals surface area contributed by atoms with Crippen LogP contribution in [0.4, 0.5) is 0 Å². The van der Waals surface area contributed by atoms with Gasteiger partial charge in [0, 0.05) is 24.6 Å². The highest BCUT2D eigenvalue weighted by molar-refractivity contribution is 7.91. The Morgan fingerprint density at radius 3 is 2.61 bits per heavy atom. The minimum absolute atomic E-state index is 0.0112. The van der Waals surface area contributed by atoms with Gasteiger partial charge in [0.15, 0.2) is 9.84 Å². The highest BCUT2D eigenvalue weighted by Crippen LogP contribution is 2.28. The molecule has 1 aliphatic heterocycles. The van der Waals surface area contributed by atoms with Crippen LogP contribution in [0.25, 0.3) is 0 Å². The van der Waals surface area contributed by atoms with Crippen molar-refractivity contribution < 1.29 is 17.6 Å². The summed E-state index contributed by atoms with van der Waals surface area (Å²) >= 11 is 0. The third kappa shape index (κ3) is 4.37. The maximum atomic E-state index is 12.8. The monoisotopic (exact) mass is 339 g/mol. The Morgan fingerprint density at radius 1 is 1.22 bits per heavy atom. The van der Waals surface area contributed by atoms with Gasteiger partial charge in [-0.1, -0.05) is 19.3 Å². The smallest absolute Gasteiger partial charge is 0.223 e. The minimum Gasteiger partial charge on any atom is -0.472 e. The number of furan rings is 1. The first-order valence-electron chi connectivity index (χ1n) is 8.54. The second kappa shape index (κ2) is 7.07. The molecule has 5 nitrogen and oxygen atoms in total. The Bertz CT molecular complexity index is 617. The highest BCUT2D eigenvalue weighted by Gasteiger charge is 2.32. The van der Waals surface area contributed by atoms with E-state index < -0.39 is 9.84 Å². The first-order valence-corrected chi connectivity index (χ1v) is 10.4. The number of sulfone groups is 1. The standard InChI is InChI=1S/C17H25NO4S/c19-17(10-14-7-9-23(20,21)13-14)18(11-15-6-8-22-12-15)16-4-2-1-3-5-16/h6,8,12,14,16H,1-5,7,9-11,13H2/t14-/m0/s1. The molecule has 0 radical (unpaired) electrons. The molecule has 0 bridgehead atoms. The molecule has 2 heterocycles. The maximum absolute atomic E-state index is 12.8. The van der Waals surface area contributed by atoms with Crippen LogP contribution in [0.1, 0.15) is 50.5 Å². The maximum Gasteiger partial charge on any atom is 0.223 e. The van der Waals surface area contributed by atoms with E-state index in [0.29, 0.717) is 19.4 Å². The average molecular weight is 339 g/mol. The van der Waals surface area contributed by atoms with Gasteiger partial charge < -0.3 is 9.32 Å². The van der Waals surface area contributed by atoms with E-state index in [1.807, 2.05) is 11.0 Å². The van der Waals surface area contributed by atoms with Gasteiger partial charge in [0.2, 0.25) is 5.91 Å². The van der Waals surface area contributed by atoms with E-state index in [9.17, 15) is 13.2 Å². The Balaban J connectivity index is 1.67. The predicted octanol–water partition coefficient (Wildman–Crippen LogP) is 2.77. The zero-order chi connectivity index (χ0) is 16.3. The quantitative estimate of drug-likeness (QED) is 0.827. The zero-order valence-corrected chi connectivity index (χ0v) is 14.3. The van der Waals surface area contributed by atoms with Gasteiger partial charge in [0.25, 0.3) is 0 Å². The Morgan fingerprint density at radius 2 is 2.00 bits per heavy atom. The third-order valence-electron chi connectivity index (χ3n) is 5.06. The normalized spacial score (nSPS) is 24.6. The van der Waals surface area contributed by atoms with E-state index in [4.69, 9.17) is 4.42 Å². The fourth-order valence-corrected chi connectivity index (χ4v) is 5.65. The van der Waals surface area contributed by atoms with Gasteiger partial charge in [-0.25, -0.2) is 8.42 Å². The van der Waals surface area contributed by atoms with Crippen molar-refractivity contribution in [1.82, 2.24) is 4.90 Å². The van der Waals surface area contributed by atoms with Gasteiger partial charge >= 0.3 is 0 Å². The van der Waals surface area contributed by atoms with E-state index in [-0.39, 0.29) is 29.4 Å². The SMILES string of the molecule is O=C(C[C@@H]1CCS(=O)(=O)C1)N(Cc1ccoc1)C1CCCCC1. The molecule has 1 aromatic heterocycles. The van der Waals surface area contributed by atoms with Crippen molar-refractivity contribution in [3.63, 3.8) is 0 Å². The second-order valence-corrected chi connectivity index (χ2v) is 9.15. The average Bonchev–Trinajstić information content (AvgIpc) is 3.15. The topological polar surface area (TPSA) is 67.6 Å². The van der Waals surface area contributed by atoms with E-state index in [1.54, 1.807) is 12.5 Å². The van der Waals surface area contributed by atoms with Gasteiger partial charge in [-0.2, -0.15) is 0 Å². The Labute approximate surface area is 138 Å². The number of hydrogen-bond donors (Lipinski definition) is 0. The van der Waals surface area contributed by atoms with Crippen LogP contribution in [0, 0.1) is 5.92 Å². The summed E-state index contributed by atoms with van der Waals surface area (Å²) in [6.45, 7) is 0.569. The summed E-state index contributed by atoms with van der Waals surface area (Å²) < 4.78 is 28.4. The van der Waals surface area contributed by atoms with Gasteiger partial charge in [-0.05, 0) is 31.2 Å². The second-order valence-electron chi connectivity index (χ2n) is 6.92. The van der Waals surface area contributed by atoms with Gasteiger partial charge in [-0.3, -0.25) is 4.79 Å². The van der Waals surface area contributed by atoms with Gasteiger partial charge in [-0.15, -0.1) is 0 Å². The molecule has 23 heavy (non-hydrogen) atoms. The lowest BCUT2D eigenvalue weighted by atomic mass is 9.93. The molecule has 2 fully saturated rings. The predicted molar refractivity (Wildman–Crippen MR) is 87.5 cm³/mol. The van der Waals surface area contributed by atoms with Crippen LogP contribution in [-0.4, -0.2) is 36.8 Å². The van der Waals surface area contributed by atoms with Crippen molar-refractivity contribution in [3.05, 3.63) is 24.2 Å². The largest absolute Gasteiger partial charge is 0.472 e. The van der Waals surface area contributed by atoms with Crippen LogP contribution in [-0.2, 0) is 21.2 Å². The summed E-state index contributed by atoms with van der Waals surface area (Å²) in [6, 6.07) is 2.17. The van der Waals surface area contributed by atoms with Gasteiger partial charge in [0.1, 0.15) is 0 Å². The summed E-state index contributed by atoms with van der Waals surface area (Å²) in [6.07, 6.45) is 9.96. The summed E-state index contributed by atoms with van der Waals surface area (Å²) in [5, 5.41) is 0. The molecule has 1 saturated heterocycles. The molecule has 128 valence electrons. The zero-order valence-electron chi connectivity index (χ0n) is 13.4. The van der Waals surface area contributed by atoms with Crippen molar-refractivity contribution in [2.24, 2.45) is 5.92 Å². The molecule has 0 aromatic carbocycles. The van der Waals surface area contributed by atoms with Crippen molar-refractivity contribution in [1.29, 1.82) is 0 Å². The molecule has 6 heteroatoms. The van der Waals surface area contributed by atoms with Crippen LogP contribution in [0.5, 0.6) is 0 Å². The molecule has 0 spiro atoms. The van der Waals surface area contributed by atoms with E-state index >= 15 is 0 Å². The first-order chi connectivity index (χ1) is 11.0. The first kappa shape index (κ1) is 16.6. The number of carbonyl (C=O) groups excluding carboxylic acids is 1. The van der Waals surface area contributed by atoms with Crippen molar-refractivity contribution in [2.75, 3.05) is 11.5 Å². The lowest BCUT2D eigenvalue weighted by Gasteiger charge is -2.35. The lowest BCUT2D eigenvalue weighted by molar-refractivity contribution is -0.135. The van der Waals surface area contributed by atoms with E-state index in [1.165, 1.54) is 6.42 Å². The number of nitrogens with zero attached hydrogens (tertiary/aromatic N) is 1. The molecule has 1 saturated carbocycles. The molecular formula is C17H25NO4S. The fourth-order valence-electron chi connectivity index (χ4n) is 3.79. The van der Waals surface area contributed by atoms with Crippen LogP contribution in [0.2, 0.25) is 0 Å². The molecule has 1 aromatic rings. The van der Waals surface area contributed by atoms with Crippen molar-refractivity contribution >= 4 is 15.7 Å². The Kier molecular flexibility index (Phi) is 5.09. The van der Waals surface area contributed by atoms with Gasteiger partial charge in [0.05, 0.1) is 24.0 Å². The number of rotatable bonds is 5. The van der Waals surface area contributed by atoms with Crippen LogP contribution in [0.3, 0.4) is 0 Å². The summed E-state index contributed by atoms with van der Waals surface area (Å²) in [5.41, 5.74) is 1.00. The number of amides is 1. The van der Waals surface area contributed by atoms with Crippen LogP contribution in [0.15, 0.2) is 23.0 Å². The fraction of sp³-hybridized carbons (Fsp3) is 0.706. The molecular weight excluding hydrogens is 314 g/mol. The van der Waals surface area contributed by atoms with E-state index in [0.717, 1.165) is 31.2 Å². The molecule has 3 rings (SSSR count). The van der Waals surface area contributed by atoms with Crippen molar-refractivity contribution in [3.8, 4) is 0 Å². The summed E-state index contributed by atoms with van der Waals surface area (Å²) in [4.78, 5) is 14.8. The molecule has 0 unspecified atom stereocenters. The molecule has 1 amide bonds. The molecule has 1 atom stereocenters. The molecule has 2 aliphatic rings. The Hall–Kier alpha value is -1.30. The number of hydrogen-bond acceptors (Lipinski definition) is 4. The molecule has 0 N–H and O–H groups in total. The number of carbonyl (C=O) groups is 1. The third-order valence-corrected chi connectivity index (χ3v) is 6.90.